The van der Waals surface area contributed by atoms with Gasteiger partial charge in [0, 0.05) is 6.42 Å². The Labute approximate surface area is 93.3 Å². The van der Waals surface area contributed by atoms with Gasteiger partial charge in [-0.1, -0.05) is 24.9 Å². The Morgan fingerprint density at radius 1 is 1.40 bits per heavy atom. The van der Waals surface area contributed by atoms with Crippen molar-refractivity contribution in [2.75, 3.05) is 0 Å². The summed E-state index contributed by atoms with van der Waals surface area (Å²) < 4.78 is 0. The fourth-order valence-corrected chi connectivity index (χ4v) is 1.42. The van der Waals surface area contributed by atoms with E-state index in [1.807, 2.05) is 6.92 Å². The van der Waals surface area contributed by atoms with Crippen molar-refractivity contribution in [1.29, 1.82) is 0 Å². The minimum absolute atomic E-state index is 0.156. The molecule has 1 aromatic rings. The lowest BCUT2D eigenvalue weighted by atomic mass is 10.0. The van der Waals surface area contributed by atoms with Crippen LogP contribution in [0.25, 0.3) is 0 Å². The highest BCUT2D eigenvalue weighted by Crippen LogP contribution is 2.35. The van der Waals surface area contributed by atoms with Crippen molar-refractivity contribution in [3.8, 4) is 11.5 Å². The van der Waals surface area contributed by atoms with Gasteiger partial charge < -0.3 is 10.2 Å². The fourth-order valence-electron chi connectivity index (χ4n) is 1.25. The molecule has 0 spiro atoms. The molecule has 2 N–H and O–H groups in total. The molecule has 0 unspecified atom stereocenters. The van der Waals surface area contributed by atoms with Gasteiger partial charge in [0.15, 0.2) is 5.78 Å². The first-order valence-corrected chi connectivity index (χ1v) is 5.19. The van der Waals surface area contributed by atoms with Gasteiger partial charge in [-0.25, -0.2) is 0 Å². The minimum atomic E-state index is -0.335. The number of carbonyl (C=O) groups excluding carboxylic acids is 1. The summed E-state index contributed by atoms with van der Waals surface area (Å²) in [5, 5.41) is 18.5. The molecule has 0 aliphatic heterocycles. The third-order valence-corrected chi connectivity index (χ3v) is 2.53. The van der Waals surface area contributed by atoms with Gasteiger partial charge in [0.25, 0.3) is 0 Å². The molecule has 0 atom stereocenters. The van der Waals surface area contributed by atoms with Gasteiger partial charge in [0.2, 0.25) is 0 Å². The van der Waals surface area contributed by atoms with Gasteiger partial charge in [0.05, 0.1) is 5.56 Å². The highest BCUT2D eigenvalue weighted by atomic mass is 35.5. The molecule has 0 saturated heterocycles. The van der Waals surface area contributed by atoms with Crippen LogP contribution in [0.1, 0.15) is 36.5 Å². The maximum Gasteiger partial charge on any atom is 0.166 e. The van der Waals surface area contributed by atoms with Crippen LogP contribution in [-0.4, -0.2) is 16.0 Å². The normalized spacial score (nSPS) is 10.3. The number of Topliss-reactive ketones (excluding diaryl/α,β-unsaturated/α-hetero) is 1. The molecule has 0 saturated carbocycles. The van der Waals surface area contributed by atoms with E-state index in [1.165, 1.54) is 12.1 Å². The second kappa shape index (κ2) is 5.03. The second-order valence-electron chi connectivity index (χ2n) is 3.32. The summed E-state index contributed by atoms with van der Waals surface area (Å²) in [7, 11) is 0. The number of ketones is 1. The van der Waals surface area contributed by atoms with Crippen molar-refractivity contribution in [2.45, 2.75) is 26.2 Å². The number of carbonyl (C=O) groups is 1. The van der Waals surface area contributed by atoms with Gasteiger partial charge in [-0.05, 0) is 18.6 Å². The number of aromatic hydroxyl groups is 2. The molecule has 1 rings (SSSR count). The van der Waals surface area contributed by atoms with Gasteiger partial charge in [-0.15, -0.1) is 0 Å². The van der Waals surface area contributed by atoms with E-state index >= 15 is 0 Å². The predicted molar refractivity (Wildman–Crippen MR) is 58.6 cm³/mol. The number of halogens is 1. The van der Waals surface area contributed by atoms with Gasteiger partial charge in [-0.3, -0.25) is 4.79 Å². The highest BCUT2D eigenvalue weighted by Gasteiger charge is 2.15. The summed E-state index contributed by atoms with van der Waals surface area (Å²) in [6.07, 6.45) is 2.07. The van der Waals surface area contributed by atoms with E-state index in [0.29, 0.717) is 6.42 Å². The lowest BCUT2D eigenvalue weighted by Crippen LogP contribution is -1.99. The molecule has 0 aliphatic carbocycles. The van der Waals surface area contributed by atoms with Crippen LogP contribution in [0.2, 0.25) is 5.02 Å². The van der Waals surface area contributed by atoms with Crippen molar-refractivity contribution in [3.05, 3.63) is 22.7 Å². The molecule has 3 nitrogen and oxygen atoms in total. The first-order chi connectivity index (χ1) is 7.07. The third kappa shape index (κ3) is 2.63. The topological polar surface area (TPSA) is 57.5 Å². The van der Waals surface area contributed by atoms with E-state index in [1.54, 1.807) is 0 Å². The smallest absolute Gasteiger partial charge is 0.166 e. The molecule has 0 fully saturated rings. The van der Waals surface area contributed by atoms with Gasteiger partial charge >= 0.3 is 0 Å². The third-order valence-electron chi connectivity index (χ3n) is 2.15. The Morgan fingerprint density at radius 3 is 2.67 bits per heavy atom. The summed E-state index contributed by atoms with van der Waals surface area (Å²) in [6, 6.07) is 2.69. The summed E-state index contributed by atoms with van der Waals surface area (Å²) >= 11 is 5.61. The molecular weight excluding hydrogens is 216 g/mol. The molecule has 0 amide bonds. The zero-order valence-electron chi connectivity index (χ0n) is 8.46. The van der Waals surface area contributed by atoms with Crippen LogP contribution in [0.15, 0.2) is 12.1 Å². The average Bonchev–Trinajstić information content (AvgIpc) is 2.23. The number of phenolic OH excluding ortho intramolecular Hbond substituents is 2. The Morgan fingerprint density at radius 2 is 2.07 bits per heavy atom. The number of benzene rings is 1. The summed E-state index contributed by atoms with van der Waals surface area (Å²) in [4.78, 5) is 11.6. The van der Waals surface area contributed by atoms with Crippen LogP contribution in [0, 0.1) is 0 Å². The lowest BCUT2D eigenvalue weighted by molar-refractivity contribution is 0.0977. The van der Waals surface area contributed by atoms with Gasteiger partial charge in [-0.2, -0.15) is 0 Å². The van der Waals surface area contributed by atoms with Crippen LogP contribution < -0.4 is 0 Å². The van der Waals surface area contributed by atoms with Crippen LogP contribution in [-0.2, 0) is 0 Å². The predicted octanol–water partition coefficient (Wildman–Crippen LogP) is 3.12. The Bertz CT molecular complexity index is 374. The van der Waals surface area contributed by atoms with Crippen molar-refractivity contribution in [2.24, 2.45) is 0 Å². The summed E-state index contributed by atoms with van der Waals surface area (Å²) in [6.45, 7) is 1.98. The van der Waals surface area contributed by atoms with Crippen LogP contribution >= 0.6 is 11.6 Å². The van der Waals surface area contributed by atoms with E-state index in [4.69, 9.17) is 11.6 Å². The number of phenols is 2. The molecule has 82 valence electrons. The molecule has 1 aromatic carbocycles. The standard InChI is InChI=1S/C11H13ClO3/c1-2-3-4-8(13)7-5-6-9(14)10(12)11(7)15/h5-6,14-15H,2-4H2,1H3. The highest BCUT2D eigenvalue weighted by molar-refractivity contribution is 6.34. The quantitative estimate of drug-likeness (QED) is 0.779. The number of hydrogen-bond acceptors (Lipinski definition) is 3. The Kier molecular flexibility index (Phi) is 3.97. The first kappa shape index (κ1) is 11.9. The first-order valence-electron chi connectivity index (χ1n) is 4.81. The largest absolute Gasteiger partial charge is 0.506 e. The van der Waals surface area contributed by atoms with E-state index in [-0.39, 0.29) is 27.9 Å². The molecular formula is C11H13ClO3. The minimum Gasteiger partial charge on any atom is -0.506 e. The Balaban J connectivity index is 2.95. The molecule has 0 aliphatic rings. The number of hydrogen-bond donors (Lipinski definition) is 2. The summed E-state index contributed by atoms with van der Waals surface area (Å²) in [5.74, 6) is -0.713. The maximum absolute atomic E-state index is 11.6. The molecule has 0 bridgehead atoms. The zero-order chi connectivity index (χ0) is 11.4. The second-order valence-corrected chi connectivity index (χ2v) is 3.70. The number of rotatable bonds is 4. The van der Waals surface area contributed by atoms with Crippen LogP contribution in [0.5, 0.6) is 11.5 Å². The average molecular weight is 229 g/mol. The number of unbranched alkanes of at least 4 members (excludes halogenated alkanes) is 1. The van der Waals surface area contributed by atoms with Crippen molar-refractivity contribution < 1.29 is 15.0 Å². The fraction of sp³-hybridized carbons (Fsp3) is 0.364. The van der Waals surface area contributed by atoms with E-state index in [2.05, 4.69) is 0 Å². The van der Waals surface area contributed by atoms with E-state index < -0.39 is 0 Å². The van der Waals surface area contributed by atoms with Crippen LogP contribution in [0.4, 0.5) is 0 Å². The SMILES string of the molecule is CCCCC(=O)c1ccc(O)c(Cl)c1O. The van der Waals surface area contributed by atoms with Crippen molar-refractivity contribution in [3.63, 3.8) is 0 Å². The molecule has 0 heterocycles. The molecule has 4 heteroatoms. The zero-order valence-corrected chi connectivity index (χ0v) is 9.21. The van der Waals surface area contributed by atoms with Crippen molar-refractivity contribution in [1.82, 2.24) is 0 Å². The molecule has 0 aromatic heterocycles. The summed E-state index contributed by atoms with van der Waals surface area (Å²) in [5.41, 5.74) is 0.172. The Hall–Kier alpha value is -1.22. The molecule has 0 radical (unpaired) electrons. The van der Waals surface area contributed by atoms with Crippen LogP contribution in [0.3, 0.4) is 0 Å². The van der Waals surface area contributed by atoms with Gasteiger partial charge in [0.1, 0.15) is 16.5 Å². The lowest BCUT2D eigenvalue weighted by Gasteiger charge is -2.06. The molecule has 15 heavy (non-hydrogen) atoms. The maximum atomic E-state index is 11.6. The van der Waals surface area contributed by atoms with E-state index in [9.17, 15) is 15.0 Å². The monoisotopic (exact) mass is 228 g/mol. The van der Waals surface area contributed by atoms with E-state index in [0.717, 1.165) is 12.8 Å². The van der Waals surface area contributed by atoms with Crippen molar-refractivity contribution >= 4 is 17.4 Å².